The van der Waals surface area contributed by atoms with Gasteiger partial charge >= 0.3 is 6.03 Å². The van der Waals surface area contributed by atoms with Crippen molar-refractivity contribution in [2.24, 2.45) is 11.5 Å². The van der Waals surface area contributed by atoms with Crippen LogP contribution in [0.4, 0.5) is 4.79 Å². The van der Waals surface area contributed by atoms with E-state index in [9.17, 15) is 33.6 Å². The Morgan fingerprint density at radius 3 is 2.00 bits per heavy atom. The van der Waals surface area contributed by atoms with Crippen LogP contribution in [0.2, 0.25) is 0 Å². The molecule has 0 aromatic heterocycles. The lowest BCUT2D eigenvalue weighted by molar-refractivity contribution is -0.146. The molecule has 2 heterocycles. The molecule has 338 valence electrons. The zero-order valence-electron chi connectivity index (χ0n) is 35.5. The van der Waals surface area contributed by atoms with Gasteiger partial charge in [0.1, 0.15) is 6.04 Å². The van der Waals surface area contributed by atoms with Crippen LogP contribution >= 0.6 is 11.8 Å². The maximum Gasteiger partial charge on any atom is 0.315 e. The van der Waals surface area contributed by atoms with Gasteiger partial charge in [-0.3, -0.25) is 33.7 Å². The molecule has 0 saturated carbocycles. The second kappa shape index (κ2) is 29.5. The molecule has 20 nitrogen and oxygen atoms in total. The van der Waals surface area contributed by atoms with Crippen LogP contribution in [0.1, 0.15) is 57.8 Å². The predicted molar refractivity (Wildman–Crippen MR) is 223 cm³/mol. The standard InChI is InChI=1S/C38H70N10O10S/c1-45(17-20-56-2)24-33(51)46(16-10-8-14-39)25-35(53)48(19-22-58-4)26-34(52)47(18-21-57-3)23-32(50)42-28(37(40)54)11-7-9-15-41-31(49)13-6-5-12-30-36-29(27-59-30)43-38(55)44-36/h28-30,36H,5-27,39H2,1-4H3,(H2,40,54)(H,41,49)(H,42,50)(H2,43,44,55)/t28-,29-,30?,36-/m0/s1. The van der Waals surface area contributed by atoms with Crippen LogP contribution in [-0.4, -0.2) is 204 Å². The summed E-state index contributed by atoms with van der Waals surface area (Å²) in [5, 5.41) is 11.8. The molecule has 21 heteroatoms. The van der Waals surface area contributed by atoms with Gasteiger partial charge in [0.05, 0.1) is 58.1 Å². The van der Waals surface area contributed by atoms with Crippen LogP contribution in [0, 0.1) is 0 Å². The molecule has 1 unspecified atom stereocenters. The quantitative estimate of drug-likeness (QED) is 0.0311. The normalized spacial score (nSPS) is 17.5. The average molecular weight is 859 g/mol. The second-order valence-corrected chi connectivity index (χ2v) is 16.2. The number of rotatable bonds is 33. The van der Waals surface area contributed by atoms with Crippen LogP contribution in [0.3, 0.4) is 0 Å². The first kappa shape index (κ1) is 51.4. The highest BCUT2D eigenvalue weighted by atomic mass is 32.2. The van der Waals surface area contributed by atoms with Gasteiger partial charge in [0.15, 0.2) is 0 Å². The Morgan fingerprint density at radius 1 is 0.763 bits per heavy atom. The minimum atomic E-state index is -0.999. The molecule has 0 aromatic carbocycles. The lowest BCUT2D eigenvalue weighted by Crippen LogP contribution is -2.52. The number of urea groups is 1. The zero-order valence-corrected chi connectivity index (χ0v) is 36.3. The first-order valence-electron chi connectivity index (χ1n) is 20.6. The molecule has 0 aliphatic carbocycles. The summed E-state index contributed by atoms with van der Waals surface area (Å²) in [4.78, 5) is 95.8. The lowest BCUT2D eigenvalue weighted by atomic mass is 10.0. The number of nitrogens with one attached hydrogen (secondary N) is 4. The average Bonchev–Trinajstić information content (AvgIpc) is 3.76. The summed E-state index contributed by atoms with van der Waals surface area (Å²) in [6.07, 6.45) is 5.50. The van der Waals surface area contributed by atoms with Crippen LogP contribution in [-0.2, 0) is 43.0 Å². The van der Waals surface area contributed by atoms with Gasteiger partial charge in [0.25, 0.3) is 0 Å². The highest BCUT2D eigenvalue weighted by molar-refractivity contribution is 8.00. The van der Waals surface area contributed by atoms with E-state index < -0.39 is 36.2 Å². The van der Waals surface area contributed by atoms with E-state index in [0.29, 0.717) is 70.1 Å². The summed E-state index contributed by atoms with van der Waals surface area (Å²) >= 11 is 1.85. The summed E-state index contributed by atoms with van der Waals surface area (Å²) in [5.74, 6) is -1.77. The number of amides is 8. The van der Waals surface area contributed by atoms with E-state index in [0.717, 1.165) is 25.0 Å². The number of nitrogens with zero attached hydrogens (tertiary/aromatic N) is 4. The molecule has 2 rings (SSSR count). The van der Waals surface area contributed by atoms with Crippen molar-refractivity contribution in [3.05, 3.63) is 0 Å². The van der Waals surface area contributed by atoms with Gasteiger partial charge in [0, 0.05) is 71.5 Å². The molecule has 0 radical (unpaired) electrons. The Hall–Kier alpha value is -3.76. The van der Waals surface area contributed by atoms with Gasteiger partial charge in [-0.25, -0.2) is 4.79 Å². The fourth-order valence-electron chi connectivity index (χ4n) is 6.67. The molecular formula is C38H70N10O10S. The summed E-state index contributed by atoms with van der Waals surface area (Å²) < 4.78 is 15.5. The lowest BCUT2D eigenvalue weighted by Gasteiger charge is -2.30. The first-order valence-corrected chi connectivity index (χ1v) is 21.6. The minimum absolute atomic E-state index is 0.0315. The van der Waals surface area contributed by atoms with E-state index >= 15 is 0 Å². The van der Waals surface area contributed by atoms with Crippen molar-refractivity contribution in [3.63, 3.8) is 0 Å². The van der Waals surface area contributed by atoms with Crippen LogP contribution < -0.4 is 32.7 Å². The number of unbranched alkanes of at least 4 members (excludes halogenated alkanes) is 3. The van der Waals surface area contributed by atoms with Gasteiger partial charge in [-0.15, -0.1) is 0 Å². The van der Waals surface area contributed by atoms with E-state index in [1.165, 1.54) is 28.9 Å². The highest BCUT2D eigenvalue weighted by Gasteiger charge is 2.42. The molecule has 2 aliphatic heterocycles. The number of primary amides is 1. The van der Waals surface area contributed by atoms with E-state index in [-0.39, 0.29) is 82.3 Å². The minimum Gasteiger partial charge on any atom is -0.383 e. The Bertz CT molecular complexity index is 1330. The van der Waals surface area contributed by atoms with Gasteiger partial charge in [-0.1, -0.05) is 6.42 Å². The number of hydrogen-bond donors (Lipinski definition) is 6. The molecule has 0 bridgehead atoms. The smallest absolute Gasteiger partial charge is 0.315 e. The van der Waals surface area contributed by atoms with Crippen LogP contribution in [0.5, 0.6) is 0 Å². The summed E-state index contributed by atoms with van der Waals surface area (Å²) in [7, 11) is 6.28. The van der Waals surface area contributed by atoms with Gasteiger partial charge in [-0.05, 0) is 58.5 Å². The van der Waals surface area contributed by atoms with E-state index in [2.05, 4.69) is 21.3 Å². The molecule has 0 spiro atoms. The van der Waals surface area contributed by atoms with Crippen molar-refractivity contribution >= 4 is 53.2 Å². The Labute approximate surface area is 353 Å². The van der Waals surface area contributed by atoms with E-state index in [1.54, 1.807) is 19.1 Å². The Morgan fingerprint density at radius 2 is 1.37 bits per heavy atom. The third kappa shape index (κ3) is 20.4. The Kier molecular flexibility index (Phi) is 25.7. The summed E-state index contributed by atoms with van der Waals surface area (Å²) in [6, 6.07) is -0.780. The zero-order chi connectivity index (χ0) is 43.6. The molecule has 2 saturated heterocycles. The fourth-order valence-corrected chi connectivity index (χ4v) is 8.22. The van der Waals surface area contributed by atoms with Gasteiger partial charge < -0.3 is 61.6 Å². The predicted octanol–water partition coefficient (Wildman–Crippen LogP) is -1.94. The van der Waals surface area contributed by atoms with E-state index in [4.69, 9.17) is 25.7 Å². The second-order valence-electron chi connectivity index (χ2n) is 14.9. The van der Waals surface area contributed by atoms with Gasteiger partial charge in [-0.2, -0.15) is 11.8 Å². The van der Waals surface area contributed by atoms with Gasteiger partial charge in [0.2, 0.25) is 35.4 Å². The summed E-state index contributed by atoms with van der Waals surface area (Å²) in [5.41, 5.74) is 11.3. The number of fused-ring (bicyclic) bond motifs is 1. The molecule has 8 N–H and O–H groups in total. The molecule has 2 aliphatic rings. The number of nitrogens with two attached hydrogens (primary N) is 2. The van der Waals surface area contributed by atoms with Crippen molar-refractivity contribution in [1.82, 2.24) is 40.9 Å². The van der Waals surface area contributed by atoms with Crippen molar-refractivity contribution in [1.29, 1.82) is 0 Å². The number of ether oxygens (including phenoxy) is 3. The third-order valence-corrected chi connectivity index (χ3v) is 11.6. The fraction of sp³-hybridized carbons (Fsp3) is 0.816. The Balaban J connectivity index is 1.87. The maximum atomic E-state index is 13.7. The van der Waals surface area contributed by atoms with Crippen LogP contribution in [0.25, 0.3) is 0 Å². The number of hydrogen-bond acceptors (Lipinski definition) is 13. The highest BCUT2D eigenvalue weighted by Crippen LogP contribution is 2.33. The molecule has 59 heavy (non-hydrogen) atoms. The molecule has 8 amide bonds. The number of likely N-dealkylation sites (N-methyl/N-ethyl adjacent to an activating group) is 1. The van der Waals surface area contributed by atoms with Crippen molar-refractivity contribution in [3.8, 4) is 0 Å². The molecule has 4 atom stereocenters. The molecule has 0 aromatic rings. The van der Waals surface area contributed by atoms with Crippen molar-refractivity contribution < 1.29 is 47.8 Å². The SMILES string of the molecule is COCCN(C)CC(=O)N(CCCCN)CC(=O)N(CCOC)CC(=O)N(CCOC)CC(=O)N[C@@H](CCCCNC(=O)CCCCC1SC[C@@H]2NC(=O)N[C@H]12)C(N)=O. The molecular weight excluding hydrogens is 789 g/mol. The number of carbonyl (C=O) groups is 7. The number of carbonyl (C=O) groups excluding carboxylic acids is 7. The van der Waals surface area contributed by atoms with Crippen molar-refractivity contribution in [2.45, 2.75) is 81.2 Å². The number of thioether (sulfide) groups is 1. The monoisotopic (exact) mass is 858 g/mol. The maximum absolute atomic E-state index is 13.7. The summed E-state index contributed by atoms with van der Waals surface area (Å²) in [6.45, 7) is 1.45. The topological polar surface area (TPSA) is 260 Å². The third-order valence-electron chi connectivity index (χ3n) is 10.1. The number of methoxy groups -OCH3 is 3. The van der Waals surface area contributed by atoms with Crippen molar-refractivity contribution in [2.75, 3.05) is 119 Å². The molecule has 2 fully saturated rings. The van der Waals surface area contributed by atoms with E-state index in [1.807, 2.05) is 11.8 Å². The first-order chi connectivity index (χ1) is 28.3. The largest absolute Gasteiger partial charge is 0.383 e. The van der Waals surface area contributed by atoms with Crippen LogP contribution in [0.15, 0.2) is 0 Å².